The topological polar surface area (TPSA) is 31.2 Å². The number of carbonyl (C=O) groups excluding carboxylic acids is 1. The predicted octanol–water partition coefficient (Wildman–Crippen LogP) is 4.12. The van der Waals surface area contributed by atoms with Gasteiger partial charge in [0.05, 0.1) is 0 Å². The third-order valence-corrected chi connectivity index (χ3v) is 3.52. The smallest absolute Gasteiger partial charge is 0.202 e. The predicted molar refractivity (Wildman–Crippen MR) is 85.2 cm³/mol. The summed E-state index contributed by atoms with van der Waals surface area (Å²) in [6, 6.07) is 11.4. The zero-order valence-corrected chi connectivity index (χ0v) is 13.4. The number of ketones is 1. The minimum Gasteiger partial charge on any atom is -0.485 e. The largest absolute Gasteiger partial charge is 0.485 e. The summed E-state index contributed by atoms with van der Waals surface area (Å²) in [5.74, 6) is 0.734. The standard InChI is InChI=1S/C18H23NO2/c1-13-11-16(14(2)19(13)18(3,4)5)17(20)12-21-15-9-7-6-8-10-15/h6-11H,12H2,1-5H3. The Hall–Kier alpha value is -2.03. The lowest BCUT2D eigenvalue weighted by Crippen LogP contribution is -2.24. The molecule has 0 unspecified atom stereocenters. The van der Waals surface area contributed by atoms with Gasteiger partial charge in [-0.2, -0.15) is 0 Å². The molecule has 1 heterocycles. The minimum absolute atomic E-state index is 0.0162. The van der Waals surface area contributed by atoms with Crippen molar-refractivity contribution in [1.29, 1.82) is 0 Å². The molecule has 0 spiro atoms. The van der Waals surface area contributed by atoms with Gasteiger partial charge in [-0.15, -0.1) is 0 Å². The zero-order chi connectivity index (χ0) is 15.6. The Kier molecular flexibility index (Phi) is 4.21. The van der Waals surface area contributed by atoms with Crippen LogP contribution in [0.15, 0.2) is 36.4 Å². The van der Waals surface area contributed by atoms with Crippen LogP contribution in [0, 0.1) is 13.8 Å². The van der Waals surface area contributed by atoms with Crippen molar-refractivity contribution in [3.8, 4) is 5.75 Å². The second-order valence-corrected chi connectivity index (χ2v) is 6.32. The van der Waals surface area contributed by atoms with E-state index in [4.69, 9.17) is 4.74 Å². The normalized spacial score (nSPS) is 11.5. The highest BCUT2D eigenvalue weighted by atomic mass is 16.5. The van der Waals surface area contributed by atoms with Crippen molar-refractivity contribution in [2.45, 2.75) is 40.2 Å². The van der Waals surface area contributed by atoms with Crippen LogP contribution in [0.1, 0.15) is 42.5 Å². The molecule has 0 fully saturated rings. The van der Waals surface area contributed by atoms with Gasteiger partial charge in [-0.3, -0.25) is 4.79 Å². The fourth-order valence-electron chi connectivity index (χ4n) is 2.82. The Balaban J connectivity index is 2.17. The molecule has 0 N–H and O–H groups in total. The molecule has 0 saturated carbocycles. The van der Waals surface area contributed by atoms with Crippen molar-refractivity contribution in [3.05, 3.63) is 53.3 Å². The van der Waals surface area contributed by atoms with Crippen molar-refractivity contribution in [2.75, 3.05) is 6.61 Å². The summed E-state index contributed by atoms with van der Waals surface area (Å²) in [6.45, 7) is 10.5. The van der Waals surface area contributed by atoms with Gasteiger partial charge in [0.2, 0.25) is 5.78 Å². The number of nitrogens with zero attached hydrogens (tertiary/aromatic N) is 1. The molecule has 21 heavy (non-hydrogen) atoms. The minimum atomic E-state index is -0.0347. The van der Waals surface area contributed by atoms with Crippen LogP contribution in [0.4, 0.5) is 0 Å². The maximum atomic E-state index is 12.4. The van der Waals surface area contributed by atoms with Crippen LogP contribution < -0.4 is 4.74 Å². The Morgan fingerprint density at radius 2 is 1.76 bits per heavy atom. The van der Waals surface area contributed by atoms with E-state index in [0.717, 1.165) is 22.7 Å². The van der Waals surface area contributed by atoms with Crippen LogP contribution in [0.5, 0.6) is 5.75 Å². The van der Waals surface area contributed by atoms with Crippen molar-refractivity contribution in [3.63, 3.8) is 0 Å². The van der Waals surface area contributed by atoms with Crippen molar-refractivity contribution in [1.82, 2.24) is 4.57 Å². The molecule has 112 valence electrons. The number of rotatable bonds is 4. The molecule has 0 aliphatic heterocycles. The number of Topliss-reactive ketones (excluding diaryl/α,β-unsaturated/α-hetero) is 1. The quantitative estimate of drug-likeness (QED) is 0.791. The first-order valence-corrected chi connectivity index (χ1v) is 7.21. The average molecular weight is 285 g/mol. The van der Waals surface area contributed by atoms with E-state index in [1.165, 1.54) is 0 Å². The zero-order valence-electron chi connectivity index (χ0n) is 13.4. The summed E-state index contributed by atoms with van der Waals surface area (Å²) >= 11 is 0. The van der Waals surface area contributed by atoms with E-state index in [2.05, 4.69) is 25.3 Å². The molecule has 2 rings (SSSR count). The van der Waals surface area contributed by atoms with Gasteiger partial charge in [0.25, 0.3) is 0 Å². The number of aromatic nitrogens is 1. The second-order valence-electron chi connectivity index (χ2n) is 6.32. The number of hydrogen-bond donors (Lipinski definition) is 0. The summed E-state index contributed by atoms with van der Waals surface area (Å²) < 4.78 is 7.75. The van der Waals surface area contributed by atoms with E-state index >= 15 is 0 Å². The molecule has 1 aromatic carbocycles. The highest BCUT2D eigenvalue weighted by Gasteiger charge is 2.22. The molecule has 0 amide bonds. The lowest BCUT2D eigenvalue weighted by molar-refractivity contribution is 0.0920. The maximum Gasteiger partial charge on any atom is 0.202 e. The van der Waals surface area contributed by atoms with Gasteiger partial charge >= 0.3 is 0 Å². The molecule has 0 radical (unpaired) electrons. The highest BCUT2D eigenvalue weighted by Crippen LogP contribution is 2.24. The molecule has 2 aromatic rings. The number of aryl methyl sites for hydroxylation is 1. The number of carbonyl (C=O) groups is 1. The number of hydrogen-bond acceptors (Lipinski definition) is 2. The Bertz CT molecular complexity index is 633. The summed E-state index contributed by atoms with van der Waals surface area (Å²) in [5.41, 5.74) is 2.82. The van der Waals surface area contributed by atoms with Crippen LogP contribution in [-0.4, -0.2) is 17.0 Å². The van der Waals surface area contributed by atoms with Crippen LogP contribution >= 0.6 is 0 Å². The molecular weight excluding hydrogens is 262 g/mol. The summed E-state index contributed by atoms with van der Waals surface area (Å²) in [6.07, 6.45) is 0. The monoisotopic (exact) mass is 285 g/mol. The lowest BCUT2D eigenvalue weighted by Gasteiger charge is -2.25. The van der Waals surface area contributed by atoms with Gasteiger partial charge < -0.3 is 9.30 Å². The molecular formula is C18H23NO2. The van der Waals surface area contributed by atoms with E-state index in [1.54, 1.807) is 0 Å². The fraction of sp³-hybridized carbons (Fsp3) is 0.389. The van der Waals surface area contributed by atoms with E-state index in [1.807, 2.05) is 50.2 Å². The molecule has 3 nitrogen and oxygen atoms in total. The fourth-order valence-corrected chi connectivity index (χ4v) is 2.82. The molecule has 3 heteroatoms. The first-order valence-electron chi connectivity index (χ1n) is 7.21. The molecule has 0 atom stereocenters. The summed E-state index contributed by atoms with van der Waals surface area (Å²) in [7, 11) is 0. The van der Waals surface area contributed by atoms with Crippen molar-refractivity contribution >= 4 is 5.78 Å². The Labute approximate surface area is 126 Å². The van der Waals surface area contributed by atoms with E-state index < -0.39 is 0 Å². The van der Waals surface area contributed by atoms with Gasteiger partial charge in [-0.1, -0.05) is 18.2 Å². The molecule has 0 aliphatic rings. The SMILES string of the molecule is Cc1cc(C(=O)COc2ccccc2)c(C)n1C(C)(C)C. The van der Waals surface area contributed by atoms with Gasteiger partial charge in [0.1, 0.15) is 5.75 Å². The second kappa shape index (κ2) is 5.76. The molecule has 1 aromatic heterocycles. The van der Waals surface area contributed by atoms with E-state index in [0.29, 0.717) is 0 Å². The lowest BCUT2D eigenvalue weighted by atomic mass is 10.1. The van der Waals surface area contributed by atoms with Gasteiger partial charge in [-0.25, -0.2) is 0 Å². The third kappa shape index (κ3) is 3.35. The number of para-hydroxylation sites is 1. The van der Waals surface area contributed by atoms with Crippen molar-refractivity contribution in [2.24, 2.45) is 0 Å². The van der Waals surface area contributed by atoms with Crippen LogP contribution in [0.25, 0.3) is 0 Å². The van der Waals surface area contributed by atoms with E-state index in [9.17, 15) is 4.79 Å². The van der Waals surface area contributed by atoms with E-state index in [-0.39, 0.29) is 17.9 Å². The number of ether oxygens (including phenoxy) is 1. The van der Waals surface area contributed by atoms with Crippen LogP contribution in [-0.2, 0) is 5.54 Å². The molecule has 0 saturated heterocycles. The maximum absolute atomic E-state index is 12.4. The van der Waals surface area contributed by atoms with Crippen molar-refractivity contribution < 1.29 is 9.53 Å². The summed E-state index contributed by atoms with van der Waals surface area (Å²) in [5, 5.41) is 0. The first kappa shape index (κ1) is 15.4. The van der Waals surface area contributed by atoms with Gasteiger partial charge in [0, 0.05) is 22.5 Å². The molecule has 0 bridgehead atoms. The highest BCUT2D eigenvalue weighted by molar-refractivity contribution is 5.98. The summed E-state index contributed by atoms with van der Waals surface area (Å²) in [4.78, 5) is 12.4. The average Bonchev–Trinajstić information content (AvgIpc) is 2.72. The number of benzene rings is 1. The van der Waals surface area contributed by atoms with Gasteiger partial charge in [0.15, 0.2) is 6.61 Å². The Morgan fingerprint density at radius 3 is 2.29 bits per heavy atom. The van der Waals surface area contributed by atoms with Gasteiger partial charge in [-0.05, 0) is 52.8 Å². The molecule has 0 aliphatic carbocycles. The third-order valence-electron chi connectivity index (χ3n) is 3.52. The van der Waals surface area contributed by atoms with Crippen LogP contribution in [0.3, 0.4) is 0 Å². The Morgan fingerprint density at radius 1 is 1.14 bits per heavy atom. The van der Waals surface area contributed by atoms with Crippen LogP contribution in [0.2, 0.25) is 0 Å². The first-order chi connectivity index (χ1) is 9.80.